The van der Waals surface area contributed by atoms with Crippen LogP contribution < -0.4 is 5.32 Å². The van der Waals surface area contributed by atoms with E-state index >= 15 is 0 Å². The van der Waals surface area contributed by atoms with Crippen molar-refractivity contribution in [1.82, 2.24) is 4.98 Å². The van der Waals surface area contributed by atoms with E-state index in [9.17, 15) is 9.59 Å². The third-order valence-electron chi connectivity index (χ3n) is 4.66. The zero-order valence-corrected chi connectivity index (χ0v) is 14.1. The van der Waals surface area contributed by atoms with E-state index in [4.69, 9.17) is 5.11 Å². The Balaban J connectivity index is 1.79. The Morgan fingerprint density at radius 3 is 2.69 bits per heavy atom. The van der Waals surface area contributed by atoms with Gasteiger partial charge in [-0.05, 0) is 36.6 Å². The number of hydrogen-bond acceptors (Lipinski definition) is 2. The zero-order chi connectivity index (χ0) is 18.1. The van der Waals surface area contributed by atoms with Crippen molar-refractivity contribution in [3.8, 4) is 0 Å². The molecule has 0 bridgehead atoms. The van der Waals surface area contributed by atoms with Crippen molar-refractivity contribution < 1.29 is 14.7 Å². The van der Waals surface area contributed by atoms with Crippen molar-refractivity contribution >= 4 is 40.1 Å². The number of anilines is 1. The molecule has 1 aromatic heterocycles. The van der Waals surface area contributed by atoms with Crippen LogP contribution in [0.4, 0.5) is 5.69 Å². The number of nitrogens with one attached hydrogen (secondary N) is 2. The van der Waals surface area contributed by atoms with Gasteiger partial charge in [0.25, 0.3) is 5.91 Å². The Labute approximate surface area is 150 Å². The molecule has 1 aliphatic heterocycles. The molecule has 4 rings (SSSR count). The molecule has 26 heavy (non-hydrogen) atoms. The lowest BCUT2D eigenvalue weighted by molar-refractivity contribution is -0.137. The summed E-state index contributed by atoms with van der Waals surface area (Å²) >= 11 is 0. The van der Waals surface area contributed by atoms with Gasteiger partial charge in [0.05, 0.1) is 5.57 Å². The van der Waals surface area contributed by atoms with Gasteiger partial charge in [-0.1, -0.05) is 36.4 Å². The second-order valence-electron chi connectivity index (χ2n) is 6.37. The van der Waals surface area contributed by atoms with Crippen LogP contribution in [0.2, 0.25) is 0 Å². The predicted octanol–water partition coefficient (Wildman–Crippen LogP) is 4.07. The summed E-state index contributed by atoms with van der Waals surface area (Å²) in [6.45, 7) is 0. The van der Waals surface area contributed by atoms with Crippen molar-refractivity contribution in [2.45, 2.75) is 19.3 Å². The number of carboxylic acid groups (broad SMARTS) is 1. The number of amides is 1. The normalized spacial score (nSPS) is 14.6. The van der Waals surface area contributed by atoms with E-state index in [0.29, 0.717) is 18.4 Å². The lowest BCUT2D eigenvalue weighted by Gasteiger charge is -2.02. The van der Waals surface area contributed by atoms with E-state index in [1.54, 1.807) is 0 Å². The lowest BCUT2D eigenvalue weighted by Crippen LogP contribution is -2.04. The molecule has 2 heterocycles. The Kier molecular flexibility index (Phi) is 4.05. The van der Waals surface area contributed by atoms with E-state index < -0.39 is 5.97 Å². The van der Waals surface area contributed by atoms with Gasteiger partial charge in [0, 0.05) is 34.3 Å². The Hall–Kier alpha value is -3.34. The number of H-pyrrole nitrogens is 1. The molecular formula is C21H18N2O3. The monoisotopic (exact) mass is 346 g/mol. The first-order valence-electron chi connectivity index (χ1n) is 8.57. The number of aromatic nitrogens is 1. The fourth-order valence-corrected chi connectivity index (χ4v) is 3.46. The average Bonchev–Trinajstić information content (AvgIpc) is 3.13. The molecule has 5 nitrogen and oxygen atoms in total. The number of hydrogen-bond donors (Lipinski definition) is 3. The van der Waals surface area contributed by atoms with E-state index in [0.717, 1.165) is 33.4 Å². The first-order chi connectivity index (χ1) is 12.6. The fraction of sp³-hybridized carbons (Fsp3) is 0.143. The quantitative estimate of drug-likeness (QED) is 0.609. The van der Waals surface area contributed by atoms with E-state index in [1.165, 1.54) is 0 Å². The number of aryl methyl sites for hydroxylation is 1. The predicted molar refractivity (Wildman–Crippen MR) is 102 cm³/mol. The van der Waals surface area contributed by atoms with E-state index in [-0.39, 0.29) is 12.3 Å². The van der Waals surface area contributed by atoms with Crippen molar-refractivity contribution in [2.75, 3.05) is 5.32 Å². The molecule has 1 aliphatic rings. The average molecular weight is 346 g/mol. The van der Waals surface area contributed by atoms with E-state index in [2.05, 4.69) is 10.3 Å². The van der Waals surface area contributed by atoms with Crippen LogP contribution >= 0.6 is 0 Å². The largest absolute Gasteiger partial charge is 0.481 e. The van der Waals surface area contributed by atoms with Crippen molar-refractivity contribution in [1.29, 1.82) is 0 Å². The summed E-state index contributed by atoms with van der Waals surface area (Å²) in [4.78, 5) is 26.6. The first-order valence-corrected chi connectivity index (χ1v) is 8.57. The molecule has 2 aromatic carbocycles. The number of para-hydroxylation sites is 2. The number of fused-ring (bicyclic) bond motifs is 2. The fourth-order valence-electron chi connectivity index (χ4n) is 3.46. The minimum Gasteiger partial charge on any atom is -0.481 e. The number of rotatable bonds is 5. The maximum absolute atomic E-state index is 12.4. The standard InChI is InChI=1S/C21H18N2O3/c24-20(25)11-5-8-14-13-6-1-3-9-17(13)22-19(14)12-16-15-7-2-4-10-18(15)23-21(16)26/h1-4,6-7,9-10,12,22H,5,8,11H2,(H,23,26)(H,24,25)/b16-12-. The van der Waals surface area contributed by atoms with Gasteiger partial charge >= 0.3 is 5.97 Å². The highest BCUT2D eigenvalue weighted by Gasteiger charge is 2.24. The van der Waals surface area contributed by atoms with Crippen molar-refractivity contribution in [3.05, 3.63) is 65.4 Å². The number of carbonyl (C=O) groups excluding carboxylic acids is 1. The number of carbonyl (C=O) groups is 2. The molecule has 0 atom stereocenters. The summed E-state index contributed by atoms with van der Waals surface area (Å²) in [6, 6.07) is 15.5. The van der Waals surface area contributed by atoms with Gasteiger partial charge < -0.3 is 15.4 Å². The summed E-state index contributed by atoms with van der Waals surface area (Å²) in [5.74, 6) is -0.921. The minimum atomic E-state index is -0.797. The highest BCUT2D eigenvalue weighted by molar-refractivity contribution is 6.35. The van der Waals surface area contributed by atoms with Crippen LogP contribution in [-0.4, -0.2) is 22.0 Å². The zero-order valence-electron chi connectivity index (χ0n) is 14.1. The van der Waals surface area contributed by atoms with Crippen molar-refractivity contribution in [3.63, 3.8) is 0 Å². The molecule has 3 aromatic rings. The lowest BCUT2D eigenvalue weighted by atomic mass is 10.0. The van der Waals surface area contributed by atoms with Gasteiger partial charge in [-0.2, -0.15) is 0 Å². The molecule has 0 unspecified atom stereocenters. The molecular weight excluding hydrogens is 328 g/mol. The Morgan fingerprint density at radius 1 is 1.08 bits per heavy atom. The summed E-state index contributed by atoms with van der Waals surface area (Å²) in [5.41, 5.74) is 5.20. The Bertz CT molecular complexity index is 1050. The number of benzene rings is 2. The molecule has 1 amide bonds. The van der Waals surface area contributed by atoms with E-state index in [1.807, 2.05) is 54.6 Å². The van der Waals surface area contributed by atoms with Crippen LogP contribution in [0.3, 0.4) is 0 Å². The minimum absolute atomic E-state index is 0.124. The van der Waals surface area contributed by atoms with Gasteiger partial charge in [-0.25, -0.2) is 0 Å². The molecule has 0 saturated carbocycles. The van der Waals surface area contributed by atoms with Gasteiger partial charge in [0.15, 0.2) is 0 Å². The SMILES string of the molecule is O=C(O)CCCc1c(/C=C2\C(=O)Nc3ccccc32)[nH]c2ccccc12. The molecule has 0 radical (unpaired) electrons. The molecule has 5 heteroatoms. The van der Waals surface area contributed by atoms with Crippen LogP contribution in [0, 0.1) is 0 Å². The number of aliphatic carboxylic acids is 1. The number of aromatic amines is 1. The maximum Gasteiger partial charge on any atom is 0.303 e. The Morgan fingerprint density at radius 2 is 1.85 bits per heavy atom. The van der Waals surface area contributed by atoms with Crippen molar-refractivity contribution in [2.24, 2.45) is 0 Å². The van der Waals surface area contributed by atoms with Crippen LogP contribution in [0.1, 0.15) is 29.7 Å². The number of carboxylic acids is 1. The molecule has 0 aliphatic carbocycles. The highest BCUT2D eigenvalue weighted by atomic mass is 16.4. The van der Waals surface area contributed by atoms with Gasteiger partial charge in [0.1, 0.15) is 0 Å². The summed E-state index contributed by atoms with van der Waals surface area (Å²) in [7, 11) is 0. The second kappa shape index (κ2) is 6.52. The summed E-state index contributed by atoms with van der Waals surface area (Å²) in [5, 5.41) is 12.9. The smallest absolute Gasteiger partial charge is 0.303 e. The molecule has 3 N–H and O–H groups in total. The van der Waals surface area contributed by atoms with Crippen LogP contribution in [0.25, 0.3) is 22.6 Å². The van der Waals surface area contributed by atoms with Gasteiger partial charge in [-0.3, -0.25) is 9.59 Å². The molecule has 130 valence electrons. The summed E-state index contributed by atoms with van der Waals surface area (Å²) < 4.78 is 0. The highest BCUT2D eigenvalue weighted by Crippen LogP contribution is 2.34. The van der Waals surface area contributed by atoms with Crippen LogP contribution in [0.5, 0.6) is 0 Å². The van der Waals surface area contributed by atoms with Gasteiger partial charge in [-0.15, -0.1) is 0 Å². The summed E-state index contributed by atoms with van der Waals surface area (Å²) in [6.07, 6.45) is 3.19. The molecule has 0 fully saturated rings. The van der Waals surface area contributed by atoms with Crippen LogP contribution in [0.15, 0.2) is 48.5 Å². The molecule has 0 saturated heterocycles. The first kappa shape index (κ1) is 16.1. The third-order valence-corrected chi connectivity index (χ3v) is 4.66. The topological polar surface area (TPSA) is 82.2 Å². The van der Waals surface area contributed by atoms with Crippen LogP contribution in [-0.2, 0) is 16.0 Å². The third kappa shape index (κ3) is 2.88. The van der Waals surface area contributed by atoms with Gasteiger partial charge in [0.2, 0.25) is 0 Å². The molecule has 0 spiro atoms. The second-order valence-corrected chi connectivity index (χ2v) is 6.37. The maximum atomic E-state index is 12.4.